The summed E-state index contributed by atoms with van der Waals surface area (Å²) in [5.41, 5.74) is 0.464. The van der Waals surface area contributed by atoms with E-state index in [4.69, 9.17) is 0 Å². The molecule has 0 unspecified atom stereocenters. The van der Waals surface area contributed by atoms with Crippen LogP contribution >= 0.6 is 0 Å². The summed E-state index contributed by atoms with van der Waals surface area (Å²) in [6.07, 6.45) is 5.84. The third-order valence-corrected chi connectivity index (χ3v) is 4.16. The Morgan fingerprint density at radius 2 is 1.69 bits per heavy atom. The van der Waals surface area contributed by atoms with Crippen molar-refractivity contribution in [1.82, 2.24) is 4.90 Å². The van der Waals surface area contributed by atoms with E-state index in [1.54, 1.807) is 0 Å². The van der Waals surface area contributed by atoms with Gasteiger partial charge in [0.2, 0.25) is 0 Å². The zero-order chi connectivity index (χ0) is 12.2. The van der Waals surface area contributed by atoms with Crippen LogP contribution in [0.5, 0.6) is 0 Å². The van der Waals surface area contributed by atoms with Crippen molar-refractivity contribution < 1.29 is 8.78 Å². The Balaban J connectivity index is 0.000000606. The molecule has 2 aliphatic rings. The summed E-state index contributed by atoms with van der Waals surface area (Å²) >= 11 is 0. The van der Waals surface area contributed by atoms with Gasteiger partial charge in [0, 0.05) is 13.1 Å². The average molecular weight is 233 g/mol. The number of piperidine rings is 1. The topological polar surface area (TPSA) is 3.24 Å². The van der Waals surface area contributed by atoms with Crippen molar-refractivity contribution in [2.75, 3.05) is 13.1 Å². The molecule has 1 aliphatic heterocycles. The molecule has 1 aliphatic carbocycles. The molecule has 0 aromatic carbocycles. The van der Waals surface area contributed by atoms with E-state index in [1.807, 2.05) is 13.8 Å². The van der Waals surface area contributed by atoms with Crippen LogP contribution in [0.1, 0.15) is 52.9 Å². The first-order chi connectivity index (χ1) is 7.65. The van der Waals surface area contributed by atoms with Crippen molar-refractivity contribution in [3.8, 4) is 0 Å². The SMILES string of the molecule is CC.CCC1CC2(CCN(C(F)F)CC2)C1. The Morgan fingerprint density at radius 1 is 1.19 bits per heavy atom. The normalized spacial score (nSPS) is 25.1. The zero-order valence-electron chi connectivity index (χ0n) is 10.8. The second kappa shape index (κ2) is 5.95. The van der Waals surface area contributed by atoms with Gasteiger partial charge in [-0.1, -0.05) is 27.2 Å². The van der Waals surface area contributed by atoms with Crippen LogP contribution in [-0.4, -0.2) is 24.5 Å². The van der Waals surface area contributed by atoms with Crippen LogP contribution in [0.2, 0.25) is 0 Å². The molecule has 0 aromatic rings. The molecule has 1 heterocycles. The first-order valence-corrected chi connectivity index (χ1v) is 6.67. The Kier molecular flexibility index (Phi) is 5.16. The van der Waals surface area contributed by atoms with E-state index in [-0.39, 0.29) is 0 Å². The van der Waals surface area contributed by atoms with Crippen molar-refractivity contribution in [3.63, 3.8) is 0 Å². The highest BCUT2D eigenvalue weighted by molar-refractivity contribution is 4.96. The van der Waals surface area contributed by atoms with Gasteiger partial charge in [-0.25, -0.2) is 4.90 Å². The molecule has 96 valence electrons. The minimum atomic E-state index is -2.24. The average Bonchev–Trinajstić information content (AvgIpc) is 2.28. The highest BCUT2D eigenvalue weighted by Gasteiger charge is 2.45. The van der Waals surface area contributed by atoms with E-state index in [2.05, 4.69) is 6.92 Å². The molecule has 0 aromatic heterocycles. The number of nitrogens with zero attached hydrogens (tertiary/aromatic N) is 1. The fourth-order valence-corrected chi connectivity index (χ4v) is 3.06. The van der Waals surface area contributed by atoms with E-state index in [0.717, 1.165) is 18.8 Å². The Labute approximate surface area is 98.2 Å². The summed E-state index contributed by atoms with van der Waals surface area (Å²) in [4.78, 5) is 1.31. The fourth-order valence-electron chi connectivity index (χ4n) is 3.06. The number of halogens is 2. The number of likely N-dealkylation sites (tertiary alicyclic amines) is 1. The minimum Gasteiger partial charge on any atom is -0.247 e. The molecule has 0 amide bonds. The molecule has 1 nitrogen and oxygen atoms in total. The lowest BCUT2D eigenvalue weighted by molar-refractivity contribution is -0.0882. The summed E-state index contributed by atoms with van der Waals surface area (Å²) in [7, 11) is 0. The maximum Gasteiger partial charge on any atom is 0.294 e. The quantitative estimate of drug-likeness (QED) is 0.648. The van der Waals surface area contributed by atoms with Gasteiger partial charge in [0.1, 0.15) is 0 Å². The molecule has 0 atom stereocenters. The van der Waals surface area contributed by atoms with Crippen molar-refractivity contribution in [1.29, 1.82) is 0 Å². The van der Waals surface area contributed by atoms with Crippen molar-refractivity contribution in [3.05, 3.63) is 0 Å². The van der Waals surface area contributed by atoms with E-state index in [9.17, 15) is 8.78 Å². The lowest BCUT2D eigenvalue weighted by Gasteiger charge is -2.52. The van der Waals surface area contributed by atoms with Crippen LogP contribution in [0.3, 0.4) is 0 Å². The predicted molar refractivity (Wildman–Crippen MR) is 63.6 cm³/mol. The Morgan fingerprint density at radius 3 is 2.06 bits per heavy atom. The third kappa shape index (κ3) is 2.93. The molecular formula is C13H25F2N. The monoisotopic (exact) mass is 233 g/mol. The molecule has 0 radical (unpaired) electrons. The van der Waals surface area contributed by atoms with Gasteiger partial charge in [-0.15, -0.1) is 0 Å². The van der Waals surface area contributed by atoms with Gasteiger partial charge >= 0.3 is 0 Å². The molecular weight excluding hydrogens is 208 g/mol. The number of alkyl halides is 2. The van der Waals surface area contributed by atoms with Gasteiger partial charge in [-0.3, -0.25) is 0 Å². The van der Waals surface area contributed by atoms with Gasteiger partial charge in [0.05, 0.1) is 0 Å². The summed E-state index contributed by atoms with van der Waals surface area (Å²) in [5.74, 6) is 0.882. The van der Waals surface area contributed by atoms with Gasteiger partial charge in [-0.05, 0) is 37.0 Å². The van der Waals surface area contributed by atoms with Gasteiger partial charge in [0.15, 0.2) is 0 Å². The summed E-state index contributed by atoms with van der Waals surface area (Å²) < 4.78 is 24.7. The smallest absolute Gasteiger partial charge is 0.247 e. The van der Waals surface area contributed by atoms with Crippen LogP contribution in [-0.2, 0) is 0 Å². The van der Waals surface area contributed by atoms with Crippen LogP contribution < -0.4 is 0 Å². The zero-order valence-corrected chi connectivity index (χ0v) is 10.8. The number of rotatable bonds is 2. The molecule has 0 N–H and O–H groups in total. The van der Waals surface area contributed by atoms with Crippen molar-refractivity contribution in [2.45, 2.75) is 59.4 Å². The minimum absolute atomic E-state index is 0.464. The molecule has 3 heteroatoms. The van der Waals surface area contributed by atoms with Crippen molar-refractivity contribution in [2.24, 2.45) is 11.3 Å². The molecule has 1 spiro atoms. The third-order valence-electron chi connectivity index (χ3n) is 4.16. The predicted octanol–water partition coefficient (Wildman–Crippen LogP) is 4.14. The lowest BCUT2D eigenvalue weighted by atomic mass is 9.57. The Bertz CT molecular complexity index is 190. The fraction of sp³-hybridized carbons (Fsp3) is 1.00. The van der Waals surface area contributed by atoms with Crippen LogP contribution in [0.25, 0.3) is 0 Å². The van der Waals surface area contributed by atoms with E-state index in [1.165, 1.54) is 24.2 Å². The van der Waals surface area contributed by atoms with E-state index < -0.39 is 6.55 Å². The van der Waals surface area contributed by atoms with Gasteiger partial charge < -0.3 is 0 Å². The lowest BCUT2D eigenvalue weighted by Crippen LogP contribution is -2.48. The summed E-state index contributed by atoms with van der Waals surface area (Å²) in [6, 6.07) is 0. The first-order valence-electron chi connectivity index (χ1n) is 6.67. The first kappa shape index (κ1) is 13.9. The van der Waals surface area contributed by atoms with Gasteiger partial charge in [0.25, 0.3) is 6.55 Å². The molecule has 0 bridgehead atoms. The van der Waals surface area contributed by atoms with Crippen LogP contribution in [0.15, 0.2) is 0 Å². The van der Waals surface area contributed by atoms with Crippen LogP contribution in [0, 0.1) is 11.3 Å². The molecule has 1 saturated carbocycles. The Hall–Kier alpha value is -0.180. The highest BCUT2D eigenvalue weighted by atomic mass is 19.3. The summed E-state index contributed by atoms with van der Waals surface area (Å²) in [6.45, 7) is 5.20. The molecule has 16 heavy (non-hydrogen) atoms. The summed E-state index contributed by atoms with van der Waals surface area (Å²) in [5, 5.41) is 0. The molecule has 2 rings (SSSR count). The second-order valence-electron chi connectivity index (χ2n) is 5.00. The second-order valence-corrected chi connectivity index (χ2v) is 5.00. The van der Waals surface area contributed by atoms with Crippen LogP contribution in [0.4, 0.5) is 8.78 Å². The van der Waals surface area contributed by atoms with E-state index in [0.29, 0.717) is 18.5 Å². The maximum absolute atomic E-state index is 12.4. The molecule has 2 fully saturated rings. The standard InChI is InChI=1S/C11H19F2N.C2H6/c1-2-9-7-11(8-9)3-5-14(6-4-11)10(12)13;1-2/h9-10H,2-8H2,1H3;1-2H3. The molecule has 1 saturated heterocycles. The highest BCUT2D eigenvalue weighted by Crippen LogP contribution is 2.53. The van der Waals surface area contributed by atoms with Gasteiger partial charge in [-0.2, -0.15) is 8.78 Å². The van der Waals surface area contributed by atoms with Crippen molar-refractivity contribution >= 4 is 0 Å². The van der Waals surface area contributed by atoms with E-state index >= 15 is 0 Å². The number of hydrogen-bond acceptors (Lipinski definition) is 1. The largest absolute Gasteiger partial charge is 0.294 e. The maximum atomic E-state index is 12.4. The number of hydrogen-bond donors (Lipinski definition) is 0.